The number of aliphatic hydroxyl groups excluding tert-OH is 1. The van der Waals surface area contributed by atoms with E-state index in [1.165, 1.54) is 0 Å². The van der Waals surface area contributed by atoms with Gasteiger partial charge in [-0.2, -0.15) is 0 Å². The number of benzene rings is 1. The van der Waals surface area contributed by atoms with Gasteiger partial charge in [-0.15, -0.1) is 5.10 Å². The molecule has 6 nitrogen and oxygen atoms in total. The minimum Gasteiger partial charge on any atom is -0.394 e. The maximum Gasteiger partial charge on any atom is 0.102 e. The van der Waals surface area contributed by atoms with Crippen molar-refractivity contribution >= 4 is 11.4 Å². The highest BCUT2D eigenvalue weighted by Crippen LogP contribution is 2.23. The van der Waals surface area contributed by atoms with Crippen LogP contribution in [0.4, 0.5) is 11.4 Å². The summed E-state index contributed by atoms with van der Waals surface area (Å²) in [6, 6.07) is 8.11. The van der Waals surface area contributed by atoms with Gasteiger partial charge >= 0.3 is 0 Å². The van der Waals surface area contributed by atoms with E-state index in [1.54, 1.807) is 4.68 Å². The first-order valence-electron chi connectivity index (χ1n) is 6.21. The molecule has 102 valence electrons. The minimum atomic E-state index is 0.0691. The number of hydrogen-bond donors (Lipinski definition) is 2. The number of aliphatic hydroxyl groups is 1. The van der Waals surface area contributed by atoms with Crippen LogP contribution in [0.15, 0.2) is 30.5 Å². The molecule has 0 spiro atoms. The van der Waals surface area contributed by atoms with Crippen LogP contribution in [0.2, 0.25) is 0 Å². The van der Waals surface area contributed by atoms with E-state index in [0.29, 0.717) is 13.1 Å². The van der Waals surface area contributed by atoms with Crippen molar-refractivity contribution in [3.05, 3.63) is 36.2 Å². The molecule has 2 N–H and O–H groups in total. The maximum atomic E-state index is 8.82. The second kappa shape index (κ2) is 6.19. The molecule has 2 rings (SSSR count). The van der Waals surface area contributed by atoms with Crippen LogP contribution in [0.3, 0.4) is 0 Å². The van der Waals surface area contributed by atoms with E-state index in [9.17, 15) is 0 Å². The average molecular weight is 261 g/mol. The minimum absolute atomic E-state index is 0.0691. The standard InChI is InChI=1S/C13H19N5O/c1-17(2)13-6-4-3-5-12(13)14-9-11-10-18(7-8-19)16-15-11/h3-6,10,14,19H,7-9H2,1-2H3. The normalized spacial score (nSPS) is 10.5. The van der Waals surface area contributed by atoms with Gasteiger partial charge in [-0.1, -0.05) is 17.3 Å². The van der Waals surface area contributed by atoms with Crippen LogP contribution in [0, 0.1) is 0 Å². The Balaban J connectivity index is 2.01. The molecule has 0 atom stereocenters. The van der Waals surface area contributed by atoms with Gasteiger partial charge in [-0.3, -0.25) is 0 Å². The van der Waals surface area contributed by atoms with Crippen LogP contribution < -0.4 is 10.2 Å². The van der Waals surface area contributed by atoms with Crippen LogP contribution >= 0.6 is 0 Å². The summed E-state index contributed by atoms with van der Waals surface area (Å²) in [5, 5.41) is 20.2. The molecule has 2 aromatic rings. The van der Waals surface area contributed by atoms with Gasteiger partial charge in [-0.25, -0.2) is 4.68 Å². The lowest BCUT2D eigenvalue weighted by Crippen LogP contribution is -2.12. The average Bonchev–Trinajstić information content (AvgIpc) is 2.85. The van der Waals surface area contributed by atoms with Gasteiger partial charge in [0.25, 0.3) is 0 Å². The number of para-hydroxylation sites is 2. The van der Waals surface area contributed by atoms with Crippen LogP contribution in [0.25, 0.3) is 0 Å². The predicted molar refractivity (Wildman–Crippen MR) is 75.2 cm³/mol. The Morgan fingerprint density at radius 1 is 1.32 bits per heavy atom. The van der Waals surface area contributed by atoms with E-state index < -0.39 is 0 Å². The van der Waals surface area contributed by atoms with Crippen LogP contribution in [0.1, 0.15) is 5.69 Å². The van der Waals surface area contributed by atoms with Gasteiger partial charge in [-0.05, 0) is 12.1 Å². The van der Waals surface area contributed by atoms with Gasteiger partial charge in [0.2, 0.25) is 0 Å². The monoisotopic (exact) mass is 261 g/mol. The Morgan fingerprint density at radius 3 is 2.84 bits per heavy atom. The lowest BCUT2D eigenvalue weighted by Gasteiger charge is -2.17. The summed E-state index contributed by atoms with van der Waals surface area (Å²) in [5.41, 5.74) is 3.04. The molecule has 0 aliphatic heterocycles. The first-order chi connectivity index (χ1) is 9.20. The largest absolute Gasteiger partial charge is 0.394 e. The van der Waals surface area contributed by atoms with Gasteiger partial charge in [0.05, 0.1) is 37.3 Å². The van der Waals surface area contributed by atoms with Crippen molar-refractivity contribution < 1.29 is 5.11 Å². The van der Waals surface area contributed by atoms with E-state index >= 15 is 0 Å². The zero-order valence-electron chi connectivity index (χ0n) is 11.2. The summed E-state index contributed by atoms with van der Waals surface area (Å²) >= 11 is 0. The second-order valence-electron chi connectivity index (χ2n) is 4.46. The first-order valence-corrected chi connectivity index (χ1v) is 6.21. The third-order valence-electron chi connectivity index (χ3n) is 2.76. The van der Waals surface area contributed by atoms with Crippen molar-refractivity contribution in [2.75, 3.05) is 30.9 Å². The lowest BCUT2D eigenvalue weighted by atomic mass is 10.2. The maximum absolute atomic E-state index is 8.82. The van der Waals surface area contributed by atoms with Crippen molar-refractivity contribution in [2.24, 2.45) is 0 Å². The van der Waals surface area contributed by atoms with E-state index in [1.807, 2.05) is 38.5 Å². The summed E-state index contributed by atoms with van der Waals surface area (Å²) < 4.78 is 1.63. The fourth-order valence-corrected chi connectivity index (χ4v) is 1.83. The molecule has 19 heavy (non-hydrogen) atoms. The van der Waals surface area contributed by atoms with E-state index in [2.05, 4.69) is 26.6 Å². The summed E-state index contributed by atoms with van der Waals surface area (Å²) in [6.45, 7) is 1.15. The summed E-state index contributed by atoms with van der Waals surface area (Å²) in [7, 11) is 4.02. The number of nitrogens with zero attached hydrogens (tertiary/aromatic N) is 4. The van der Waals surface area contributed by atoms with Gasteiger partial charge in [0.15, 0.2) is 0 Å². The smallest absolute Gasteiger partial charge is 0.102 e. The van der Waals surface area contributed by atoms with Crippen molar-refractivity contribution in [3.8, 4) is 0 Å². The number of anilines is 2. The second-order valence-corrected chi connectivity index (χ2v) is 4.46. The van der Waals surface area contributed by atoms with Gasteiger partial charge < -0.3 is 15.3 Å². The van der Waals surface area contributed by atoms with E-state index in [-0.39, 0.29) is 6.61 Å². The van der Waals surface area contributed by atoms with Crippen molar-refractivity contribution in [1.82, 2.24) is 15.0 Å². The molecule has 0 bridgehead atoms. The highest BCUT2D eigenvalue weighted by molar-refractivity contribution is 5.69. The zero-order valence-corrected chi connectivity index (χ0v) is 11.2. The molecule has 0 fully saturated rings. The molecule has 1 aromatic carbocycles. The Hall–Kier alpha value is -2.08. The van der Waals surface area contributed by atoms with Crippen molar-refractivity contribution in [2.45, 2.75) is 13.1 Å². The fourth-order valence-electron chi connectivity index (χ4n) is 1.83. The molecular formula is C13H19N5O. The quantitative estimate of drug-likeness (QED) is 0.810. The molecule has 0 saturated heterocycles. The zero-order chi connectivity index (χ0) is 13.7. The van der Waals surface area contributed by atoms with Crippen LogP contribution in [-0.2, 0) is 13.1 Å². The van der Waals surface area contributed by atoms with Crippen LogP contribution in [0.5, 0.6) is 0 Å². The van der Waals surface area contributed by atoms with E-state index in [0.717, 1.165) is 17.1 Å². The number of rotatable bonds is 6. The Kier molecular flexibility index (Phi) is 4.35. The lowest BCUT2D eigenvalue weighted by molar-refractivity contribution is 0.268. The summed E-state index contributed by atoms with van der Waals surface area (Å²) in [4.78, 5) is 2.06. The fraction of sp³-hybridized carbons (Fsp3) is 0.385. The van der Waals surface area contributed by atoms with Gasteiger partial charge in [0.1, 0.15) is 5.69 Å². The molecule has 0 radical (unpaired) electrons. The molecule has 0 saturated carbocycles. The van der Waals surface area contributed by atoms with E-state index in [4.69, 9.17) is 5.11 Å². The molecule has 1 aromatic heterocycles. The molecular weight excluding hydrogens is 242 g/mol. The molecule has 1 heterocycles. The van der Waals surface area contributed by atoms with Crippen molar-refractivity contribution in [3.63, 3.8) is 0 Å². The predicted octanol–water partition coefficient (Wildman–Crippen LogP) is 0.948. The molecule has 0 aliphatic carbocycles. The Morgan fingerprint density at radius 2 is 2.11 bits per heavy atom. The van der Waals surface area contributed by atoms with Gasteiger partial charge in [0, 0.05) is 14.1 Å². The number of hydrogen-bond acceptors (Lipinski definition) is 5. The molecule has 0 amide bonds. The molecule has 0 unspecified atom stereocenters. The molecule has 0 aliphatic rings. The Bertz CT molecular complexity index is 523. The first kappa shape index (κ1) is 13.4. The topological polar surface area (TPSA) is 66.2 Å². The van der Waals surface area contributed by atoms with Crippen molar-refractivity contribution in [1.29, 1.82) is 0 Å². The third-order valence-corrected chi connectivity index (χ3v) is 2.76. The summed E-state index contributed by atoms with van der Waals surface area (Å²) in [5.74, 6) is 0. The SMILES string of the molecule is CN(C)c1ccccc1NCc1cn(CCO)nn1. The van der Waals surface area contributed by atoms with Crippen LogP contribution in [-0.4, -0.2) is 40.8 Å². The molecule has 6 heteroatoms. The highest BCUT2D eigenvalue weighted by atomic mass is 16.3. The summed E-state index contributed by atoms with van der Waals surface area (Å²) in [6.07, 6.45) is 1.83. The third kappa shape index (κ3) is 3.45. The number of aromatic nitrogens is 3. The number of nitrogens with one attached hydrogen (secondary N) is 1. The Labute approximate surface area is 112 Å². The highest BCUT2D eigenvalue weighted by Gasteiger charge is 2.05.